The van der Waals surface area contributed by atoms with Gasteiger partial charge >= 0.3 is 0 Å². The normalized spacial score (nSPS) is 19.7. The number of rotatable bonds is 15. The van der Waals surface area contributed by atoms with Crippen molar-refractivity contribution in [2.75, 3.05) is 23.7 Å². The Balaban J connectivity index is 1.64. The van der Waals surface area contributed by atoms with Gasteiger partial charge in [0.05, 0.1) is 27.5 Å². The summed E-state index contributed by atoms with van der Waals surface area (Å²) in [4.78, 5) is 15.9. The van der Waals surface area contributed by atoms with Crippen LogP contribution in [0.5, 0.6) is 5.75 Å². The van der Waals surface area contributed by atoms with Gasteiger partial charge in [0.15, 0.2) is 9.84 Å². The monoisotopic (exact) mass is 776 g/mol. The standard InChI is InChI=1S/C40H57ClN2O7S2/c1-6-8-10-15-37(44)35-20-17-31(35)27-43-23-12-11-13-29-25-33(41)19-16-32(29)28-50-38-21-18-30(26-36(38)43)39(45)42-52(48,49)34(14-9-7-2)22-24-51(46,47)40(3,4)5/h7,10,15-16,18-19,21,25-26,31,34-35,37,44H,2,6,8-9,11-14,17,20,22-24,27-28H2,1,3-5H3,(H,42,45)/b15-10+/t31-,34-,35+,37-/m0/s1. The highest BCUT2D eigenvalue weighted by molar-refractivity contribution is 7.93. The van der Waals surface area contributed by atoms with E-state index in [0.717, 1.165) is 56.1 Å². The maximum atomic E-state index is 13.7. The van der Waals surface area contributed by atoms with Crippen molar-refractivity contribution in [2.24, 2.45) is 11.8 Å². The highest BCUT2D eigenvalue weighted by Gasteiger charge is 2.37. The van der Waals surface area contributed by atoms with Crippen LogP contribution in [-0.4, -0.2) is 62.8 Å². The lowest BCUT2D eigenvalue weighted by molar-refractivity contribution is 0.0461. The first-order valence-electron chi connectivity index (χ1n) is 18.6. The largest absolute Gasteiger partial charge is 0.487 e. The van der Waals surface area contributed by atoms with Gasteiger partial charge in [-0.05, 0) is 132 Å². The number of allylic oxidation sites excluding steroid dienone is 2. The minimum atomic E-state index is -4.25. The number of benzene rings is 2. The number of hydrogen-bond acceptors (Lipinski definition) is 8. The number of anilines is 1. The number of fused-ring (bicyclic) bond motifs is 2. The van der Waals surface area contributed by atoms with Gasteiger partial charge in [0.2, 0.25) is 10.0 Å². The van der Waals surface area contributed by atoms with Crippen LogP contribution in [0.2, 0.25) is 5.02 Å². The molecule has 0 spiro atoms. The highest BCUT2D eigenvalue weighted by Crippen LogP contribution is 2.41. The summed E-state index contributed by atoms with van der Waals surface area (Å²) in [6.07, 6.45) is 11.8. The summed E-state index contributed by atoms with van der Waals surface area (Å²) in [6, 6.07) is 10.8. The number of aliphatic hydroxyl groups is 1. The van der Waals surface area contributed by atoms with Crippen LogP contribution in [0, 0.1) is 11.8 Å². The molecule has 12 heteroatoms. The zero-order chi connectivity index (χ0) is 38.1. The molecule has 0 radical (unpaired) electrons. The zero-order valence-corrected chi connectivity index (χ0v) is 33.5. The van der Waals surface area contributed by atoms with Crippen molar-refractivity contribution >= 4 is 43.1 Å². The van der Waals surface area contributed by atoms with Crippen molar-refractivity contribution in [3.05, 3.63) is 82.9 Å². The second kappa shape index (κ2) is 18.5. The predicted molar refractivity (Wildman–Crippen MR) is 211 cm³/mol. The van der Waals surface area contributed by atoms with Crippen LogP contribution in [0.4, 0.5) is 5.69 Å². The summed E-state index contributed by atoms with van der Waals surface area (Å²) in [5.74, 6) is -0.203. The van der Waals surface area contributed by atoms with E-state index in [2.05, 4.69) is 23.1 Å². The molecule has 52 heavy (non-hydrogen) atoms. The number of unbranched alkanes of at least 4 members (excludes halogenated alkanes) is 1. The maximum absolute atomic E-state index is 13.7. The van der Waals surface area contributed by atoms with Crippen molar-refractivity contribution in [1.29, 1.82) is 0 Å². The van der Waals surface area contributed by atoms with Crippen molar-refractivity contribution in [1.82, 2.24) is 4.72 Å². The molecule has 1 saturated carbocycles. The summed E-state index contributed by atoms with van der Waals surface area (Å²) in [5, 5.41) is 10.6. The molecule has 0 unspecified atom stereocenters. The first-order valence-corrected chi connectivity index (χ1v) is 22.2. The van der Waals surface area contributed by atoms with Crippen LogP contribution < -0.4 is 14.4 Å². The molecule has 1 aliphatic heterocycles. The van der Waals surface area contributed by atoms with Crippen molar-refractivity contribution < 1.29 is 31.5 Å². The van der Waals surface area contributed by atoms with Crippen LogP contribution in [0.25, 0.3) is 0 Å². The molecule has 1 amide bonds. The van der Waals surface area contributed by atoms with Gasteiger partial charge in [0, 0.05) is 23.7 Å². The molecule has 0 bridgehead atoms. The molecule has 288 valence electrons. The molecule has 2 aliphatic rings. The average molecular weight is 777 g/mol. The lowest BCUT2D eigenvalue weighted by Crippen LogP contribution is -2.43. The minimum Gasteiger partial charge on any atom is -0.487 e. The fourth-order valence-electron chi connectivity index (χ4n) is 6.80. The molecule has 1 heterocycles. The smallest absolute Gasteiger partial charge is 0.264 e. The highest BCUT2D eigenvalue weighted by atomic mass is 35.5. The van der Waals surface area contributed by atoms with Crippen molar-refractivity contribution in [3.63, 3.8) is 0 Å². The third-order valence-electron chi connectivity index (χ3n) is 10.4. The van der Waals surface area contributed by atoms with Crippen LogP contribution >= 0.6 is 11.6 Å². The Kier molecular flexibility index (Phi) is 14.9. The molecule has 1 aliphatic carbocycles. The summed E-state index contributed by atoms with van der Waals surface area (Å²) in [5.41, 5.74) is 2.99. The number of sulfone groups is 1. The molecule has 0 saturated heterocycles. The Morgan fingerprint density at radius 3 is 2.52 bits per heavy atom. The second-order valence-corrected chi connectivity index (χ2v) is 20.4. The number of amides is 1. The Morgan fingerprint density at radius 2 is 1.85 bits per heavy atom. The van der Waals surface area contributed by atoms with E-state index in [1.807, 2.05) is 30.4 Å². The summed E-state index contributed by atoms with van der Waals surface area (Å²) in [6.45, 7) is 12.2. The Hall–Kier alpha value is -2.86. The SMILES string of the molecule is C=CCC[C@@H](CCS(=O)(=O)C(C)(C)C)S(=O)(=O)NC(=O)c1ccc2c(c1)N(C[C@@H]1CC[C@H]1[C@@H](O)/C=C/CCC)CCCCc1cc(Cl)ccc1CO2. The first-order chi connectivity index (χ1) is 24.6. The lowest BCUT2D eigenvalue weighted by atomic mass is 9.70. The van der Waals surface area contributed by atoms with Gasteiger partial charge < -0.3 is 14.7 Å². The average Bonchev–Trinajstić information content (AvgIpc) is 3.09. The van der Waals surface area contributed by atoms with Crippen LogP contribution in [0.1, 0.15) is 107 Å². The van der Waals surface area contributed by atoms with Gasteiger partial charge in [-0.3, -0.25) is 4.79 Å². The van der Waals surface area contributed by atoms with Gasteiger partial charge in [-0.1, -0.05) is 49.2 Å². The number of aliphatic hydroxyl groups excluding tert-OH is 1. The van der Waals surface area contributed by atoms with E-state index in [4.69, 9.17) is 16.3 Å². The number of carbonyl (C=O) groups is 1. The second-order valence-electron chi connectivity index (χ2n) is 15.2. The number of halogens is 1. The number of hydrogen-bond donors (Lipinski definition) is 2. The fraction of sp³-hybridized carbons (Fsp3) is 0.575. The molecule has 2 aromatic rings. The van der Waals surface area contributed by atoms with Crippen LogP contribution in [0.15, 0.2) is 61.2 Å². The number of ether oxygens (including phenoxy) is 1. The molecular formula is C40H57ClN2O7S2. The molecule has 0 aromatic heterocycles. The van der Waals surface area contributed by atoms with E-state index in [0.29, 0.717) is 42.6 Å². The third kappa shape index (κ3) is 11.1. The van der Waals surface area contributed by atoms with Crippen molar-refractivity contribution in [3.8, 4) is 5.75 Å². The number of aryl methyl sites for hydroxylation is 1. The number of nitrogens with zero attached hydrogens (tertiary/aromatic N) is 1. The third-order valence-corrected chi connectivity index (χ3v) is 15.1. The van der Waals surface area contributed by atoms with Gasteiger partial charge in [-0.15, -0.1) is 6.58 Å². The predicted octanol–water partition coefficient (Wildman–Crippen LogP) is 7.80. The quantitative estimate of drug-likeness (QED) is 0.175. The Bertz CT molecular complexity index is 1790. The van der Waals surface area contributed by atoms with E-state index in [1.165, 1.54) is 0 Å². The van der Waals surface area contributed by atoms with Crippen molar-refractivity contribution in [2.45, 2.75) is 115 Å². The molecule has 1 fully saturated rings. The van der Waals surface area contributed by atoms with E-state index in [1.54, 1.807) is 45.0 Å². The van der Waals surface area contributed by atoms with Crippen LogP contribution in [0.3, 0.4) is 0 Å². The molecule has 4 rings (SSSR count). The summed E-state index contributed by atoms with van der Waals surface area (Å²) < 4.78 is 60.7. The van der Waals surface area contributed by atoms with E-state index >= 15 is 0 Å². The van der Waals surface area contributed by atoms with Gasteiger partial charge in [-0.25, -0.2) is 21.6 Å². The molecular weight excluding hydrogens is 720 g/mol. The fourth-order valence-corrected chi connectivity index (χ4v) is 9.77. The first kappa shape index (κ1) is 41.9. The van der Waals surface area contributed by atoms with Gasteiger partial charge in [-0.2, -0.15) is 0 Å². The molecule has 2 N–H and O–H groups in total. The van der Waals surface area contributed by atoms with Gasteiger partial charge in [0.1, 0.15) is 12.4 Å². The topological polar surface area (TPSA) is 130 Å². The van der Waals surface area contributed by atoms with Crippen LogP contribution in [-0.2, 0) is 32.9 Å². The lowest BCUT2D eigenvalue weighted by Gasteiger charge is -2.42. The minimum absolute atomic E-state index is 0.119. The van der Waals surface area contributed by atoms with E-state index in [9.17, 15) is 26.7 Å². The molecule has 2 aromatic carbocycles. The number of nitrogens with one attached hydrogen (secondary N) is 1. The Morgan fingerprint density at radius 1 is 1.08 bits per heavy atom. The zero-order valence-electron chi connectivity index (χ0n) is 31.2. The number of carbonyl (C=O) groups excluding carboxylic acids is 1. The van der Waals surface area contributed by atoms with Gasteiger partial charge in [0.25, 0.3) is 5.91 Å². The maximum Gasteiger partial charge on any atom is 0.264 e. The molecule has 4 atom stereocenters. The number of sulfonamides is 1. The van der Waals surface area contributed by atoms with E-state index in [-0.39, 0.29) is 36.0 Å². The van der Waals surface area contributed by atoms with E-state index < -0.39 is 41.9 Å². The summed E-state index contributed by atoms with van der Waals surface area (Å²) >= 11 is 6.35. The Labute approximate surface area is 316 Å². The molecule has 9 nitrogen and oxygen atoms in total. The summed E-state index contributed by atoms with van der Waals surface area (Å²) in [7, 11) is -7.83.